The highest BCUT2D eigenvalue weighted by Crippen LogP contribution is 2.27. The maximum Gasteiger partial charge on any atom is 0.190 e. The molecule has 0 unspecified atom stereocenters. The Kier molecular flexibility index (Phi) is 4.54. The van der Waals surface area contributed by atoms with E-state index in [1.54, 1.807) is 0 Å². The highest BCUT2D eigenvalue weighted by atomic mass is 32.2. The summed E-state index contributed by atoms with van der Waals surface area (Å²) in [5.74, 6) is 0. The second-order valence-electron chi connectivity index (χ2n) is 1.99. The van der Waals surface area contributed by atoms with Crippen molar-refractivity contribution in [2.45, 2.75) is 17.4 Å². The summed E-state index contributed by atoms with van der Waals surface area (Å²) < 4.78 is 5.94. The minimum absolute atomic E-state index is 0.651. The van der Waals surface area contributed by atoms with Gasteiger partial charge in [0.25, 0.3) is 0 Å². The molecule has 0 aliphatic rings. The number of rotatable bonds is 4. The number of hydrogen-bond donors (Lipinski definition) is 3. The molecular weight excluding hydrogens is 310 g/mol. The van der Waals surface area contributed by atoms with Crippen molar-refractivity contribution in [2.75, 3.05) is 0 Å². The fourth-order valence-corrected chi connectivity index (χ4v) is 4.52. The van der Waals surface area contributed by atoms with Crippen LogP contribution in [-0.4, -0.2) is 20.4 Å². The van der Waals surface area contributed by atoms with Gasteiger partial charge in [0.1, 0.15) is 0 Å². The van der Waals surface area contributed by atoms with E-state index in [9.17, 15) is 0 Å². The van der Waals surface area contributed by atoms with E-state index in [0.29, 0.717) is 8.68 Å². The molecule has 0 saturated heterocycles. The van der Waals surface area contributed by atoms with E-state index in [4.69, 9.17) is 0 Å². The van der Waals surface area contributed by atoms with E-state index in [-0.39, 0.29) is 0 Å². The standard InChI is InChI=1S/C4H3N5S6/c10-1-5-7-3(12-1)14-9-15-4-8-6-2(11)13-4/h9H,(H,5,10)(H,6,11). The zero-order valence-corrected chi connectivity index (χ0v) is 11.9. The summed E-state index contributed by atoms with van der Waals surface area (Å²) in [7, 11) is 0. The zero-order valence-electron chi connectivity index (χ0n) is 6.82. The van der Waals surface area contributed by atoms with E-state index >= 15 is 0 Å². The van der Waals surface area contributed by atoms with Crippen LogP contribution in [-0.2, 0) is 0 Å². The molecular formula is C4H3N5S6. The average molecular weight is 314 g/mol. The Labute approximate surface area is 113 Å². The number of nitrogens with one attached hydrogen (secondary N) is 1. The second-order valence-corrected chi connectivity index (χ2v) is 7.76. The first-order chi connectivity index (χ1) is 7.24. The van der Waals surface area contributed by atoms with Crippen LogP contribution in [0.2, 0.25) is 0 Å². The Balaban J connectivity index is 1.80. The van der Waals surface area contributed by atoms with Crippen LogP contribution in [0.25, 0.3) is 0 Å². The van der Waals surface area contributed by atoms with Gasteiger partial charge >= 0.3 is 0 Å². The third-order valence-corrected chi connectivity index (χ3v) is 5.00. The summed E-state index contributed by atoms with van der Waals surface area (Å²) in [4.78, 5) is 0. The topological polar surface area (TPSA) is 63.6 Å². The Bertz CT molecular complexity index is 398. The van der Waals surface area contributed by atoms with Crippen LogP contribution >= 0.6 is 71.8 Å². The molecule has 0 atom stereocenters. The first-order valence-electron chi connectivity index (χ1n) is 3.37. The molecule has 2 aromatic heterocycles. The van der Waals surface area contributed by atoms with Crippen LogP contribution in [0.4, 0.5) is 0 Å². The third-order valence-electron chi connectivity index (χ3n) is 1.05. The van der Waals surface area contributed by atoms with Crippen molar-refractivity contribution in [3.63, 3.8) is 0 Å². The van der Waals surface area contributed by atoms with Crippen LogP contribution < -0.4 is 4.13 Å². The summed E-state index contributed by atoms with van der Waals surface area (Å²) in [6, 6.07) is 0. The molecule has 0 fully saturated rings. The van der Waals surface area contributed by atoms with Crippen molar-refractivity contribution in [3.05, 3.63) is 0 Å². The van der Waals surface area contributed by atoms with Crippen LogP contribution in [0.5, 0.6) is 0 Å². The highest BCUT2D eigenvalue weighted by Gasteiger charge is 2.04. The van der Waals surface area contributed by atoms with Crippen molar-refractivity contribution in [1.29, 1.82) is 0 Å². The van der Waals surface area contributed by atoms with Gasteiger partial charge in [0.2, 0.25) is 0 Å². The van der Waals surface area contributed by atoms with Crippen LogP contribution in [0, 0.1) is 0 Å². The van der Waals surface area contributed by atoms with Crippen LogP contribution in [0.1, 0.15) is 0 Å². The van der Waals surface area contributed by atoms with Gasteiger partial charge in [-0.05, 0) is 23.9 Å². The Morgan fingerprint density at radius 1 is 0.867 bits per heavy atom. The number of thiol groups is 2. The molecule has 2 aromatic rings. The fourth-order valence-electron chi connectivity index (χ4n) is 0.580. The lowest BCUT2D eigenvalue weighted by atomic mass is 11.6. The molecule has 0 saturated carbocycles. The van der Waals surface area contributed by atoms with Gasteiger partial charge in [-0.3, -0.25) is 0 Å². The van der Waals surface area contributed by atoms with Gasteiger partial charge in [0.05, 0.1) is 0 Å². The van der Waals surface area contributed by atoms with Crippen LogP contribution in [0.3, 0.4) is 0 Å². The Hall–Kier alpha value is 0.480. The zero-order chi connectivity index (χ0) is 10.7. The maximum atomic E-state index is 4.07. The molecule has 80 valence electrons. The Morgan fingerprint density at radius 3 is 1.67 bits per heavy atom. The summed E-state index contributed by atoms with van der Waals surface area (Å²) in [5, 5.41) is 15.3. The molecule has 0 aliphatic heterocycles. The highest BCUT2D eigenvalue weighted by molar-refractivity contribution is 8.14. The largest absolute Gasteiger partial charge is 0.195 e. The van der Waals surface area contributed by atoms with E-state index in [2.05, 4.69) is 49.8 Å². The predicted molar refractivity (Wildman–Crippen MR) is 69.2 cm³/mol. The summed E-state index contributed by atoms with van der Waals surface area (Å²) in [6.45, 7) is 0. The number of aromatic nitrogens is 4. The van der Waals surface area contributed by atoms with Gasteiger partial charge in [-0.1, -0.05) is 22.7 Å². The van der Waals surface area contributed by atoms with E-state index in [0.717, 1.165) is 8.68 Å². The molecule has 0 amide bonds. The van der Waals surface area contributed by atoms with E-state index < -0.39 is 0 Å². The lowest BCUT2D eigenvalue weighted by Gasteiger charge is -1.93. The lowest BCUT2D eigenvalue weighted by molar-refractivity contribution is 0.954. The van der Waals surface area contributed by atoms with Crippen molar-refractivity contribution in [2.24, 2.45) is 0 Å². The van der Waals surface area contributed by atoms with Gasteiger partial charge in [0.15, 0.2) is 17.4 Å². The average Bonchev–Trinajstić information content (AvgIpc) is 2.76. The first kappa shape index (κ1) is 12.0. The summed E-state index contributed by atoms with van der Waals surface area (Å²) >= 11 is 13.7. The molecule has 0 aromatic carbocycles. The normalized spacial score (nSPS) is 10.8. The second kappa shape index (κ2) is 5.70. The number of nitrogens with zero attached hydrogens (tertiary/aromatic N) is 4. The van der Waals surface area contributed by atoms with Crippen molar-refractivity contribution < 1.29 is 0 Å². The third kappa shape index (κ3) is 3.76. The molecule has 2 rings (SSSR count). The number of hydrogen-bond acceptors (Lipinski definition) is 11. The van der Waals surface area contributed by atoms with Gasteiger partial charge < -0.3 is 0 Å². The van der Waals surface area contributed by atoms with Gasteiger partial charge in [-0.15, -0.1) is 45.7 Å². The van der Waals surface area contributed by atoms with Gasteiger partial charge in [-0.2, -0.15) is 4.13 Å². The summed E-state index contributed by atoms with van der Waals surface area (Å²) in [6.07, 6.45) is 0. The van der Waals surface area contributed by atoms with Crippen LogP contribution in [0.15, 0.2) is 17.4 Å². The fraction of sp³-hybridized carbons (Fsp3) is 0. The van der Waals surface area contributed by atoms with Crippen molar-refractivity contribution in [3.8, 4) is 0 Å². The monoisotopic (exact) mass is 313 g/mol. The molecule has 1 N–H and O–H groups in total. The maximum absolute atomic E-state index is 4.07. The molecule has 0 radical (unpaired) electrons. The lowest BCUT2D eigenvalue weighted by Crippen LogP contribution is -1.88. The minimum Gasteiger partial charge on any atom is -0.195 e. The minimum atomic E-state index is 0.651. The molecule has 15 heavy (non-hydrogen) atoms. The van der Waals surface area contributed by atoms with Crippen molar-refractivity contribution >= 4 is 71.8 Å². The van der Waals surface area contributed by atoms with Gasteiger partial charge in [0, 0.05) is 0 Å². The van der Waals surface area contributed by atoms with E-state index in [1.807, 2.05) is 0 Å². The molecule has 0 spiro atoms. The molecule has 11 heteroatoms. The van der Waals surface area contributed by atoms with Gasteiger partial charge in [-0.25, -0.2) is 0 Å². The predicted octanol–water partition coefficient (Wildman–Crippen LogP) is 2.27. The molecule has 2 heterocycles. The van der Waals surface area contributed by atoms with E-state index in [1.165, 1.54) is 46.6 Å². The quantitative estimate of drug-likeness (QED) is 0.591. The Morgan fingerprint density at radius 2 is 1.33 bits per heavy atom. The summed E-state index contributed by atoms with van der Waals surface area (Å²) in [5.41, 5.74) is 0. The smallest absolute Gasteiger partial charge is 0.190 e. The molecule has 0 aliphatic carbocycles. The molecule has 5 nitrogen and oxygen atoms in total. The van der Waals surface area contributed by atoms with Crippen molar-refractivity contribution in [1.82, 2.24) is 24.5 Å². The SMILES string of the molecule is Sc1nnc(SNSc2nnc(S)s2)s1. The molecule has 0 bridgehead atoms. The first-order valence-corrected chi connectivity index (χ1v) is 7.54.